The summed E-state index contributed by atoms with van der Waals surface area (Å²) in [4.78, 5) is 28.1. The first-order valence-electron chi connectivity index (χ1n) is 9.84. The molecule has 4 aliphatic heterocycles. The van der Waals surface area contributed by atoms with E-state index in [-0.39, 0.29) is 12.6 Å². The summed E-state index contributed by atoms with van der Waals surface area (Å²) in [5.74, 6) is -1.05. The first-order chi connectivity index (χ1) is 14.6. The third-order valence-electron chi connectivity index (χ3n) is 5.52. The molecule has 9 nitrogen and oxygen atoms in total. The lowest BCUT2D eigenvalue weighted by Gasteiger charge is -2.39. The van der Waals surface area contributed by atoms with Gasteiger partial charge in [-0.05, 0) is 31.0 Å². The topological polar surface area (TPSA) is 94.1 Å². The number of piperidine rings is 1. The van der Waals surface area contributed by atoms with Crippen LogP contribution in [0.25, 0.3) is 0 Å². The number of para-hydroxylation sites is 1. The lowest BCUT2D eigenvalue weighted by atomic mass is 10.1. The van der Waals surface area contributed by atoms with Crippen LogP contribution in [0.5, 0.6) is 11.6 Å². The molecule has 0 N–H and O–H groups in total. The molecular formula is C21H20N4O5. The SMILES string of the molecule is O=C1C=CC(=O)OC2(CN(c3ccc(Oc4ccccc4)nn3)C3CCN2CC3)O1. The average molecular weight is 408 g/mol. The van der Waals surface area contributed by atoms with E-state index in [1.165, 1.54) is 0 Å². The molecule has 2 aromatic rings. The van der Waals surface area contributed by atoms with Crippen LogP contribution in [0.2, 0.25) is 0 Å². The van der Waals surface area contributed by atoms with E-state index in [1.807, 2.05) is 46.2 Å². The third kappa shape index (κ3) is 3.48. The van der Waals surface area contributed by atoms with Crippen LogP contribution in [-0.2, 0) is 19.1 Å². The lowest BCUT2D eigenvalue weighted by Crippen LogP contribution is -2.58. The molecule has 1 aromatic carbocycles. The zero-order chi connectivity index (χ0) is 20.6. The van der Waals surface area contributed by atoms with Crippen LogP contribution in [0.3, 0.4) is 0 Å². The maximum Gasteiger partial charge on any atom is 0.339 e. The number of carbonyl (C=O) groups is 2. The fourth-order valence-electron chi connectivity index (χ4n) is 4.09. The molecule has 0 atom stereocenters. The highest BCUT2D eigenvalue weighted by molar-refractivity contribution is 5.93. The Balaban J connectivity index is 1.42. The minimum atomic E-state index is -1.48. The van der Waals surface area contributed by atoms with Gasteiger partial charge in [-0.25, -0.2) is 14.5 Å². The van der Waals surface area contributed by atoms with E-state index in [4.69, 9.17) is 14.2 Å². The van der Waals surface area contributed by atoms with Crippen LogP contribution in [0.4, 0.5) is 5.82 Å². The quantitative estimate of drug-likeness (QED) is 0.705. The summed E-state index contributed by atoms with van der Waals surface area (Å²) in [6, 6.07) is 13.1. The predicted molar refractivity (Wildman–Crippen MR) is 105 cm³/mol. The Labute approximate surface area is 172 Å². The molecule has 2 bridgehead atoms. The Bertz CT molecular complexity index is 951. The molecule has 0 radical (unpaired) electrons. The fourth-order valence-corrected chi connectivity index (χ4v) is 4.09. The maximum absolute atomic E-state index is 12.1. The fraction of sp³-hybridized carbons (Fsp3) is 0.333. The van der Waals surface area contributed by atoms with E-state index < -0.39 is 17.8 Å². The standard InChI is InChI=1S/C21H20N4O5/c26-19-8-9-20(27)30-21(29-19)14-25(15-10-12-24(21)13-11-15)17-6-7-18(23-22-17)28-16-4-2-1-3-5-16/h1-9,15H,10-14H2. The van der Waals surface area contributed by atoms with E-state index in [9.17, 15) is 9.59 Å². The number of hydrogen-bond acceptors (Lipinski definition) is 9. The van der Waals surface area contributed by atoms with E-state index >= 15 is 0 Å². The van der Waals surface area contributed by atoms with Crippen molar-refractivity contribution in [3.05, 3.63) is 54.6 Å². The average Bonchev–Trinajstić information content (AvgIpc) is 3.08. The monoisotopic (exact) mass is 408 g/mol. The summed E-state index contributed by atoms with van der Waals surface area (Å²) in [6.45, 7) is 1.44. The molecule has 0 unspecified atom stereocenters. The number of anilines is 1. The van der Waals surface area contributed by atoms with Gasteiger partial charge in [0.05, 0.1) is 0 Å². The van der Waals surface area contributed by atoms with Crippen molar-refractivity contribution < 1.29 is 23.8 Å². The second kappa shape index (κ2) is 7.42. The first kappa shape index (κ1) is 18.6. The van der Waals surface area contributed by atoms with Crippen LogP contribution in [0.15, 0.2) is 54.6 Å². The molecule has 3 saturated heterocycles. The second-order valence-corrected chi connectivity index (χ2v) is 7.38. The molecule has 0 saturated carbocycles. The summed E-state index contributed by atoms with van der Waals surface area (Å²) < 4.78 is 16.9. The molecule has 1 spiro atoms. The number of aromatic nitrogens is 2. The van der Waals surface area contributed by atoms with Crippen molar-refractivity contribution in [2.24, 2.45) is 0 Å². The zero-order valence-corrected chi connectivity index (χ0v) is 16.1. The van der Waals surface area contributed by atoms with Gasteiger partial charge in [-0.15, -0.1) is 10.2 Å². The van der Waals surface area contributed by atoms with E-state index in [1.54, 1.807) is 6.07 Å². The van der Waals surface area contributed by atoms with Gasteiger partial charge in [0.15, 0.2) is 5.82 Å². The Morgan fingerprint density at radius 1 is 0.933 bits per heavy atom. The Hall–Kier alpha value is -3.46. The van der Waals surface area contributed by atoms with E-state index in [0.29, 0.717) is 30.5 Å². The zero-order valence-electron chi connectivity index (χ0n) is 16.1. The number of hydrogen-bond donors (Lipinski definition) is 0. The van der Waals surface area contributed by atoms with Crippen LogP contribution in [0, 0.1) is 0 Å². The molecule has 5 heterocycles. The summed E-state index contributed by atoms with van der Waals surface area (Å²) in [5, 5.41) is 8.52. The molecule has 0 amide bonds. The van der Waals surface area contributed by atoms with Crippen LogP contribution in [-0.4, -0.2) is 58.6 Å². The number of rotatable bonds is 3. The van der Waals surface area contributed by atoms with Gasteiger partial charge in [0.2, 0.25) is 5.88 Å². The second-order valence-electron chi connectivity index (χ2n) is 7.38. The Morgan fingerprint density at radius 3 is 2.27 bits per heavy atom. The number of carbonyl (C=O) groups excluding carboxylic acids is 2. The van der Waals surface area contributed by atoms with Crippen molar-refractivity contribution in [3.8, 4) is 11.6 Å². The van der Waals surface area contributed by atoms with Gasteiger partial charge in [0, 0.05) is 37.3 Å². The van der Waals surface area contributed by atoms with Gasteiger partial charge in [-0.1, -0.05) is 18.2 Å². The normalized spacial score (nSPS) is 24.7. The van der Waals surface area contributed by atoms with Gasteiger partial charge >= 0.3 is 17.8 Å². The number of nitrogens with zero attached hydrogens (tertiary/aromatic N) is 4. The van der Waals surface area contributed by atoms with Crippen molar-refractivity contribution in [2.75, 3.05) is 24.5 Å². The van der Waals surface area contributed by atoms with Crippen molar-refractivity contribution in [1.82, 2.24) is 15.1 Å². The summed E-state index contributed by atoms with van der Waals surface area (Å²) in [7, 11) is 0. The molecule has 1 aromatic heterocycles. The van der Waals surface area contributed by atoms with Crippen LogP contribution in [0.1, 0.15) is 12.8 Å². The maximum atomic E-state index is 12.1. The van der Waals surface area contributed by atoms with E-state index in [0.717, 1.165) is 25.0 Å². The molecule has 3 fully saturated rings. The van der Waals surface area contributed by atoms with E-state index in [2.05, 4.69) is 10.2 Å². The molecule has 6 rings (SSSR count). The molecule has 0 aliphatic carbocycles. The predicted octanol–water partition coefficient (Wildman–Crippen LogP) is 1.86. The Morgan fingerprint density at radius 2 is 1.63 bits per heavy atom. The van der Waals surface area contributed by atoms with Crippen LogP contribution >= 0.6 is 0 Å². The highest BCUT2D eigenvalue weighted by atomic mass is 16.8. The number of fused-ring (bicyclic) bond motifs is 3. The minimum absolute atomic E-state index is 0.157. The molecule has 154 valence electrons. The van der Waals surface area contributed by atoms with Gasteiger partial charge in [-0.3, -0.25) is 0 Å². The highest BCUT2D eigenvalue weighted by Crippen LogP contribution is 2.36. The van der Waals surface area contributed by atoms with Crippen molar-refractivity contribution in [1.29, 1.82) is 0 Å². The molecular weight excluding hydrogens is 388 g/mol. The smallest absolute Gasteiger partial charge is 0.339 e. The molecule has 30 heavy (non-hydrogen) atoms. The third-order valence-corrected chi connectivity index (χ3v) is 5.52. The first-order valence-corrected chi connectivity index (χ1v) is 9.84. The number of ether oxygens (including phenoxy) is 3. The lowest BCUT2D eigenvalue weighted by molar-refractivity contribution is -0.274. The van der Waals surface area contributed by atoms with Crippen molar-refractivity contribution in [2.45, 2.75) is 24.8 Å². The number of benzene rings is 1. The van der Waals surface area contributed by atoms with Gasteiger partial charge < -0.3 is 19.1 Å². The number of esters is 2. The molecule has 4 aliphatic rings. The van der Waals surface area contributed by atoms with Gasteiger partial charge in [0.1, 0.15) is 12.3 Å². The Kier molecular flexibility index (Phi) is 4.59. The highest BCUT2D eigenvalue weighted by Gasteiger charge is 2.52. The van der Waals surface area contributed by atoms with Crippen molar-refractivity contribution in [3.63, 3.8) is 0 Å². The minimum Gasteiger partial charge on any atom is -0.438 e. The van der Waals surface area contributed by atoms with Gasteiger partial charge in [-0.2, -0.15) is 0 Å². The molecule has 9 heteroatoms. The summed E-state index contributed by atoms with van der Waals surface area (Å²) >= 11 is 0. The van der Waals surface area contributed by atoms with Crippen molar-refractivity contribution >= 4 is 17.8 Å². The van der Waals surface area contributed by atoms with Gasteiger partial charge in [0.25, 0.3) is 0 Å². The summed E-state index contributed by atoms with van der Waals surface area (Å²) in [5.41, 5.74) is 0. The summed E-state index contributed by atoms with van der Waals surface area (Å²) in [6.07, 6.45) is 3.84. The van der Waals surface area contributed by atoms with Crippen LogP contribution < -0.4 is 9.64 Å². The largest absolute Gasteiger partial charge is 0.438 e.